The maximum atomic E-state index is 11.8. The molecule has 0 atom stereocenters. The number of benzene rings is 2. The Balaban J connectivity index is 1.95. The smallest absolute Gasteiger partial charge is 0.240 e. The first-order valence-electron chi connectivity index (χ1n) is 7.56. The molecule has 2 rings (SSSR count). The molecule has 0 aliphatic rings. The molecule has 0 aromatic heterocycles. The summed E-state index contributed by atoms with van der Waals surface area (Å²) < 4.78 is 26.0. The number of nitrogens with one attached hydrogen (secondary N) is 3. The van der Waals surface area contributed by atoms with Crippen molar-refractivity contribution < 1.29 is 8.42 Å². The zero-order chi connectivity index (χ0) is 17.4. The first kappa shape index (κ1) is 18.0. The Morgan fingerprint density at radius 3 is 2.21 bits per heavy atom. The highest BCUT2D eigenvalue weighted by molar-refractivity contribution is 7.89. The van der Waals surface area contributed by atoms with Crippen LogP contribution < -0.4 is 15.4 Å². The van der Waals surface area contributed by atoms with Gasteiger partial charge in [0.05, 0.1) is 4.90 Å². The van der Waals surface area contributed by atoms with Crippen molar-refractivity contribution in [1.82, 2.24) is 15.4 Å². The summed E-state index contributed by atoms with van der Waals surface area (Å²) >= 11 is 0. The normalized spacial score (nSPS) is 12.0. The minimum absolute atomic E-state index is 0.247. The molecule has 2 aromatic carbocycles. The molecule has 0 heterocycles. The second-order valence-electron chi connectivity index (χ2n) is 5.12. The van der Waals surface area contributed by atoms with E-state index in [1.807, 2.05) is 36.4 Å². The maximum absolute atomic E-state index is 11.8. The molecular formula is C17H22N4O2S. The molecule has 0 aliphatic heterocycles. The number of sulfonamides is 1. The zero-order valence-corrected chi connectivity index (χ0v) is 14.6. The zero-order valence-electron chi connectivity index (χ0n) is 13.8. The van der Waals surface area contributed by atoms with Crippen molar-refractivity contribution in [2.24, 2.45) is 4.99 Å². The van der Waals surface area contributed by atoms with Gasteiger partial charge in [0.15, 0.2) is 5.96 Å². The van der Waals surface area contributed by atoms with Crippen molar-refractivity contribution in [3.05, 3.63) is 65.7 Å². The Kier molecular flexibility index (Phi) is 6.34. The van der Waals surface area contributed by atoms with Crippen molar-refractivity contribution in [2.75, 3.05) is 14.1 Å². The van der Waals surface area contributed by atoms with E-state index < -0.39 is 10.0 Å². The third-order valence-corrected chi connectivity index (χ3v) is 4.88. The fourth-order valence-corrected chi connectivity index (χ4v) is 2.93. The second-order valence-corrected chi connectivity index (χ2v) is 7.01. The van der Waals surface area contributed by atoms with Crippen molar-refractivity contribution in [1.29, 1.82) is 0 Å². The lowest BCUT2D eigenvalue weighted by atomic mass is 10.2. The van der Waals surface area contributed by atoms with Crippen LogP contribution in [0.3, 0.4) is 0 Å². The molecule has 24 heavy (non-hydrogen) atoms. The number of nitrogens with zero attached hydrogens (tertiary/aromatic N) is 1. The molecule has 3 N–H and O–H groups in total. The third kappa shape index (κ3) is 5.07. The molecule has 128 valence electrons. The number of hydrogen-bond donors (Lipinski definition) is 3. The highest BCUT2D eigenvalue weighted by Crippen LogP contribution is 2.10. The third-order valence-electron chi connectivity index (χ3n) is 3.46. The summed E-state index contributed by atoms with van der Waals surface area (Å²) in [5, 5.41) is 6.40. The molecule has 0 bridgehead atoms. The molecule has 2 aromatic rings. The largest absolute Gasteiger partial charge is 0.352 e. The Morgan fingerprint density at radius 2 is 1.58 bits per heavy atom. The average molecular weight is 346 g/mol. The summed E-state index contributed by atoms with van der Waals surface area (Å²) in [5.74, 6) is 0.653. The van der Waals surface area contributed by atoms with E-state index in [9.17, 15) is 8.42 Å². The second kappa shape index (κ2) is 8.47. The first-order valence-corrected chi connectivity index (χ1v) is 9.04. The van der Waals surface area contributed by atoms with Crippen molar-refractivity contribution >= 4 is 16.0 Å². The Hall–Kier alpha value is -2.38. The van der Waals surface area contributed by atoms with Gasteiger partial charge in [0.2, 0.25) is 10.0 Å². The van der Waals surface area contributed by atoms with E-state index in [1.165, 1.54) is 7.05 Å². The lowest BCUT2D eigenvalue weighted by molar-refractivity contribution is 0.588. The maximum Gasteiger partial charge on any atom is 0.240 e. The number of rotatable bonds is 6. The van der Waals surface area contributed by atoms with E-state index in [2.05, 4.69) is 20.3 Å². The minimum atomic E-state index is -3.43. The summed E-state index contributed by atoms with van der Waals surface area (Å²) in [4.78, 5) is 4.42. The van der Waals surface area contributed by atoms with Gasteiger partial charge in [-0.1, -0.05) is 42.5 Å². The van der Waals surface area contributed by atoms with Crippen LogP contribution in [-0.2, 0) is 23.1 Å². The Morgan fingerprint density at radius 1 is 0.958 bits per heavy atom. The number of aliphatic imine (C=N–C) groups is 1. The van der Waals surface area contributed by atoms with Gasteiger partial charge >= 0.3 is 0 Å². The van der Waals surface area contributed by atoms with Crippen LogP contribution in [-0.4, -0.2) is 28.5 Å². The van der Waals surface area contributed by atoms with Gasteiger partial charge in [0.25, 0.3) is 0 Å². The quantitative estimate of drug-likeness (QED) is 0.546. The molecule has 0 fully saturated rings. The van der Waals surface area contributed by atoms with E-state index in [0.717, 1.165) is 11.1 Å². The van der Waals surface area contributed by atoms with Crippen LogP contribution in [0.1, 0.15) is 11.1 Å². The van der Waals surface area contributed by atoms with E-state index >= 15 is 0 Å². The summed E-state index contributed by atoms with van der Waals surface area (Å²) in [5.41, 5.74) is 2.01. The Labute approximate surface area is 143 Å². The van der Waals surface area contributed by atoms with Crippen molar-refractivity contribution in [2.45, 2.75) is 18.0 Å². The Bertz CT molecular complexity index is 789. The fraction of sp³-hybridized carbons (Fsp3) is 0.235. The highest BCUT2D eigenvalue weighted by atomic mass is 32.2. The van der Waals surface area contributed by atoms with Crippen LogP contribution >= 0.6 is 0 Å². The molecule has 7 heteroatoms. The summed E-state index contributed by atoms with van der Waals surface area (Å²) in [6.45, 7) is 1.14. The fourth-order valence-electron chi connectivity index (χ4n) is 2.13. The average Bonchev–Trinajstić information content (AvgIpc) is 2.63. The lowest BCUT2D eigenvalue weighted by Crippen LogP contribution is -2.36. The molecule has 0 saturated heterocycles. The molecule has 0 unspecified atom stereocenters. The van der Waals surface area contributed by atoms with Gasteiger partial charge in [-0.05, 0) is 30.3 Å². The van der Waals surface area contributed by atoms with Gasteiger partial charge in [-0.25, -0.2) is 13.1 Å². The van der Waals surface area contributed by atoms with Gasteiger partial charge in [-0.15, -0.1) is 0 Å². The van der Waals surface area contributed by atoms with Crippen LogP contribution in [0.15, 0.2) is 64.5 Å². The molecule has 0 amide bonds. The molecule has 0 saturated carbocycles. The van der Waals surface area contributed by atoms with Crippen LogP contribution in [0.2, 0.25) is 0 Å². The van der Waals surface area contributed by atoms with E-state index in [-0.39, 0.29) is 4.90 Å². The SMILES string of the molecule is CN=C(NCc1ccccc1)NCc1cccc(S(=O)(=O)NC)c1. The number of hydrogen-bond acceptors (Lipinski definition) is 3. The molecule has 0 aliphatic carbocycles. The van der Waals surface area contributed by atoms with E-state index in [0.29, 0.717) is 19.0 Å². The summed E-state index contributed by atoms with van der Waals surface area (Å²) in [6, 6.07) is 16.8. The van der Waals surface area contributed by atoms with Gasteiger partial charge in [0, 0.05) is 20.1 Å². The van der Waals surface area contributed by atoms with E-state index in [1.54, 1.807) is 25.2 Å². The summed E-state index contributed by atoms with van der Waals surface area (Å²) in [6.07, 6.45) is 0. The van der Waals surface area contributed by atoms with Gasteiger partial charge < -0.3 is 10.6 Å². The van der Waals surface area contributed by atoms with Gasteiger partial charge in [-0.2, -0.15) is 0 Å². The van der Waals surface area contributed by atoms with Crippen molar-refractivity contribution in [3.63, 3.8) is 0 Å². The first-order chi connectivity index (χ1) is 11.5. The monoisotopic (exact) mass is 346 g/mol. The molecule has 0 spiro atoms. The van der Waals surface area contributed by atoms with Crippen LogP contribution in [0.25, 0.3) is 0 Å². The predicted molar refractivity (Wildman–Crippen MR) is 96.2 cm³/mol. The molecule has 0 radical (unpaired) electrons. The van der Waals surface area contributed by atoms with Crippen LogP contribution in [0, 0.1) is 0 Å². The molecular weight excluding hydrogens is 324 g/mol. The van der Waals surface area contributed by atoms with Gasteiger partial charge in [0.1, 0.15) is 0 Å². The number of guanidine groups is 1. The van der Waals surface area contributed by atoms with Gasteiger partial charge in [-0.3, -0.25) is 4.99 Å². The highest BCUT2D eigenvalue weighted by Gasteiger charge is 2.11. The lowest BCUT2D eigenvalue weighted by Gasteiger charge is -2.12. The van der Waals surface area contributed by atoms with Crippen LogP contribution in [0.5, 0.6) is 0 Å². The topological polar surface area (TPSA) is 82.6 Å². The molecule has 6 nitrogen and oxygen atoms in total. The standard InChI is InChI=1S/C17H22N4O2S/c1-18-17(20-12-14-7-4-3-5-8-14)21-13-15-9-6-10-16(11-15)24(22,23)19-2/h3-11,19H,12-13H2,1-2H3,(H2,18,20,21). The minimum Gasteiger partial charge on any atom is -0.352 e. The van der Waals surface area contributed by atoms with Crippen LogP contribution in [0.4, 0.5) is 0 Å². The summed E-state index contributed by atoms with van der Waals surface area (Å²) in [7, 11) is -0.340. The predicted octanol–water partition coefficient (Wildman–Crippen LogP) is 1.46. The van der Waals surface area contributed by atoms with Crippen molar-refractivity contribution in [3.8, 4) is 0 Å². The van der Waals surface area contributed by atoms with E-state index in [4.69, 9.17) is 0 Å².